The number of hydrogen-bond acceptors (Lipinski definition) is 6. The van der Waals surface area contributed by atoms with Gasteiger partial charge >= 0.3 is 5.97 Å². The molecule has 0 heterocycles. The Balaban J connectivity index is 2.33. The van der Waals surface area contributed by atoms with E-state index >= 15 is 0 Å². The maximum atomic E-state index is 12.9. The van der Waals surface area contributed by atoms with Gasteiger partial charge in [0, 0.05) is 29.1 Å². The van der Waals surface area contributed by atoms with Crippen LogP contribution in [0.15, 0.2) is 47.4 Å². The first kappa shape index (κ1) is 25.6. The van der Waals surface area contributed by atoms with Crippen LogP contribution in [0.25, 0.3) is 0 Å². The number of unbranched alkanes of at least 4 members (excludes halogenated alkanes) is 3. The molecule has 5 nitrogen and oxygen atoms in total. The monoisotopic (exact) mass is 448 g/mol. The summed E-state index contributed by atoms with van der Waals surface area (Å²) in [6.45, 7) is 6.44. The molecular weight excluding hydrogens is 412 g/mol. The zero-order chi connectivity index (χ0) is 22.6. The van der Waals surface area contributed by atoms with Crippen molar-refractivity contribution < 1.29 is 23.8 Å². The predicted octanol–water partition coefficient (Wildman–Crippen LogP) is 5.43. The molecule has 1 saturated carbocycles. The van der Waals surface area contributed by atoms with Gasteiger partial charge in [0.2, 0.25) is 0 Å². The van der Waals surface area contributed by atoms with E-state index in [0.717, 1.165) is 17.7 Å². The number of esters is 1. The summed E-state index contributed by atoms with van der Waals surface area (Å²) in [7, 11) is 1.34. The van der Waals surface area contributed by atoms with Crippen LogP contribution in [0.2, 0.25) is 0 Å². The van der Waals surface area contributed by atoms with Crippen LogP contribution in [-0.2, 0) is 23.8 Å². The van der Waals surface area contributed by atoms with Gasteiger partial charge in [0.15, 0.2) is 6.29 Å². The molecule has 31 heavy (non-hydrogen) atoms. The molecule has 0 saturated heterocycles. The predicted molar refractivity (Wildman–Crippen MR) is 124 cm³/mol. The summed E-state index contributed by atoms with van der Waals surface area (Å²) >= 11 is 1.66. The van der Waals surface area contributed by atoms with Crippen molar-refractivity contribution in [1.29, 1.82) is 0 Å². The second kappa shape index (κ2) is 13.7. The van der Waals surface area contributed by atoms with Crippen LogP contribution in [0.5, 0.6) is 0 Å². The normalized spacial score (nSPS) is 23.2. The maximum absolute atomic E-state index is 12.9. The third-order valence-electron chi connectivity index (χ3n) is 5.48. The van der Waals surface area contributed by atoms with Gasteiger partial charge in [-0.2, -0.15) is 0 Å². The van der Waals surface area contributed by atoms with Crippen LogP contribution in [-0.4, -0.2) is 43.1 Å². The summed E-state index contributed by atoms with van der Waals surface area (Å²) in [5, 5.41) is -0.0987. The molecule has 172 valence electrons. The highest BCUT2D eigenvalue weighted by Gasteiger charge is 2.51. The molecule has 1 aliphatic rings. The molecule has 0 bridgehead atoms. The molecule has 0 amide bonds. The van der Waals surface area contributed by atoms with Gasteiger partial charge < -0.3 is 14.2 Å². The molecule has 0 radical (unpaired) electrons. The van der Waals surface area contributed by atoms with Crippen molar-refractivity contribution in [3.05, 3.63) is 42.5 Å². The van der Waals surface area contributed by atoms with Crippen LogP contribution in [0.4, 0.5) is 0 Å². The number of thioether (sulfide) groups is 1. The van der Waals surface area contributed by atoms with E-state index in [2.05, 4.69) is 19.1 Å². The Kier molecular flexibility index (Phi) is 11.3. The van der Waals surface area contributed by atoms with Crippen molar-refractivity contribution >= 4 is 23.5 Å². The summed E-state index contributed by atoms with van der Waals surface area (Å²) in [6.07, 6.45) is 8.12. The number of ether oxygens (including phenoxy) is 3. The first-order valence-electron chi connectivity index (χ1n) is 11.3. The number of hydrogen-bond donors (Lipinski definition) is 0. The minimum atomic E-state index is -0.828. The summed E-state index contributed by atoms with van der Waals surface area (Å²) in [5.41, 5.74) is 0. The van der Waals surface area contributed by atoms with Crippen molar-refractivity contribution in [2.75, 3.05) is 13.7 Å². The van der Waals surface area contributed by atoms with E-state index in [4.69, 9.17) is 14.2 Å². The number of allylic oxidation sites excluding steroid dienone is 1. The smallest absolute Gasteiger partial charge is 0.316 e. The highest BCUT2D eigenvalue weighted by atomic mass is 32.2. The van der Waals surface area contributed by atoms with Crippen molar-refractivity contribution in [3.8, 4) is 0 Å². The van der Waals surface area contributed by atoms with Gasteiger partial charge in [0.05, 0.1) is 13.2 Å². The highest BCUT2D eigenvalue weighted by Crippen LogP contribution is 2.42. The largest absolute Gasteiger partial charge is 0.468 e. The van der Waals surface area contributed by atoms with E-state index in [1.54, 1.807) is 11.8 Å². The number of methoxy groups -OCH3 is 1. The fraction of sp³-hybridized carbons (Fsp3) is 0.600. The van der Waals surface area contributed by atoms with E-state index in [1.807, 2.05) is 44.2 Å². The Morgan fingerprint density at radius 1 is 1.23 bits per heavy atom. The standard InChI is InChI=1S/C25H36O5S/c1-5-7-8-9-13-16-22(31-19-14-11-10-12-15-19)24-21(30-18(3)29-6-2)17-20(26)23(24)25(27)28-4/h10-16,18,21-24H,5-9,17H2,1-4H3. The van der Waals surface area contributed by atoms with Gasteiger partial charge in [-0.1, -0.05) is 50.1 Å². The number of carbonyl (C=O) groups excluding carboxylic acids is 2. The Morgan fingerprint density at radius 2 is 1.97 bits per heavy atom. The Labute approximate surface area is 190 Å². The number of ketones is 1. The van der Waals surface area contributed by atoms with Gasteiger partial charge in [-0.15, -0.1) is 11.8 Å². The molecule has 0 aromatic heterocycles. The van der Waals surface area contributed by atoms with Gasteiger partial charge in [0.25, 0.3) is 0 Å². The number of carbonyl (C=O) groups is 2. The van der Waals surface area contributed by atoms with Crippen molar-refractivity contribution in [2.45, 2.75) is 75.4 Å². The molecule has 5 unspecified atom stereocenters. The summed E-state index contributed by atoms with van der Waals surface area (Å²) < 4.78 is 16.7. The second-order valence-corrected chi connectivity index (χ2v) is 9.02. The summed E-state index contributed by atoms with van der Waals surface area (Å²) in [4.78, 5) is 26.5. The average Bonchev–Trinajstić information content (AvgIpc) is 3.08. The molecule has 6 heteroatoms. The van der Waals surface area contributed by atoms with Crippen LogP contribution < -0.4 is 0 Å². The SMILES string of the molecule is CCCCCC=CC(Sc1ccccc1)C1C(OC(C)OCC)CC(=O)C1C(=O)OC. The molecule has 0 aliphatic heterocycles. The van der Waals surface area contributed by atoms with Crippen molar-refractivity contribution in [2.24, 2.45) is 11.8 Å². The molecule has 1 aromatic carbocycles. The molecule has 0 spiro atoms. The summed E-state index contributed by atoms with van der Waals surface area (Å²) in [6, 6.07) is 10.1. The lowest BCUT2D eigenvalue weighted by molar-refractivity contribution is -0.169. The lowest BCUT2D eigenvalue weighted by Gasteiger charge is -2.30. The molecule has 0 N–H and O–H groups in total. The Hall–Kier alpha value is -1.63. The average molecular weight is 449 g/mol. The maximum Gasteiger partial charge on any atom is 0.316 e. The van der Waals surface area contributed by atoms with Crippen molar-refractivity contribution in [3.63, 3.8) is 0 Å². The third-order valence-corrected chi connectivity index (χ3v) is 6.77. The second-order valence-electron chi connectivity index (χ2n) is 7.77. The van der Waals surface area contributed by atoms with E-state index < -0.39 is 24.3 Å². The fourth-order valence-corrected chi connectivity index (χ4v) is 5.32. The molecule has 1 fully saturated rings. The molecular formula is C25H36O5S. The topological polar surface area (TPSA) is 61.8 Å². The first-order valence-corrected chi connectivity index (χ1v) is 12.2. The fourth-order valence-electron chi connectivity index (χ4n) is 4.01. The van der Waals surface area contributed by atoms with Crippen LogP contribution in [0.1, 0.15) is 52.9 Å². The molecule has 1 aromatic rings. The number of rotatable bonds is 13. The Morgan fingerprint density at radius 3 is 2.61 bits per heavy atom. The zero-order valence-corrected chi connectivity index (χ0v) is 19.9. The number of benzene rings is 1. The lowest BCUT2D eigenvalue weighted by atomic mass is 9.90. The number of Topliss-reactive ketones (excluding diaryl/α,β-unsaturated/α-hetero) is 1. The van der Waals surface area contributed by atoms with Gasteiger partial charge in [-0.25, -0.2) is 0 Å². The van der Waals surface area contributed by atoms with Gasteiger partial charge in [-0.3, -0.25) is 9.59 Å². The minimum absolute atomic E-state index is 0.0987. The van der Waals surface area contributed by atoms with Crippen LogP contribution in [0.3, 0.4) is 0 Å². The zero-order valence-electron chi connectivity index (χ0n) is 19.1. The molecule has 2 rings (SSSR count). The van der Waals surface area contributed by atoms with E-state index in [0.29, 0.717) is 6.61 Å². The van der Waals surface area contributed by atoms with Gasteiger partial charge in [-0.05, 0) is 38.8 Å². The van der Waals surface area contributed by atoms with E-state index in [9.17, 15) is 9.59 Å². The molecule has 1 aliphatic carbocycles. The van der Waals surface area contributed by atoms with Crippen LogP contribution >= 0.6 is 11.8 Å². The molecule has 5 atom stereocenters. The van der Waals surface area contributed by atoms with E-state index in [1.165, 1.54) is 20.0 Å². The third kappa shape index (κ3) is 7.78. The van der Waals surface area contributed by atoms with E-state index in [-0.39, 0.29) is 23.4 Å². The van der Waals surface area contributed by atoms with Gasteiger partial charge in [0.1, 0.15) is 11.7 Å². The minimum Gasteiger partial charge on any atom is -0.468 e. The Bertz CT molecular complexity index is 705. The quantitative estimate of drug-likeness (QED) is 0.100. The first-order chi connectivity index (χ1) is 15.0. The summed E-state index contributed by atoms with van der Waals surface area (Å²) in [5.74, 6) is -1.76. The van der Waals surface area contributed by atoms with Crippen LogP contribution in [0, 0.1) is 11.8 Å². The lowest BCUT2D eigenvalue weighted by Crippen LogP contribution is -2.37. The van der Waals surface area contributed by atoms with Crippen molar-refractivity contribution in [1.82, 2.24) is 0 Å². The highest BCUT2D eigenvalue weighted by molar-refractivity contribution is 8.00.